The molecule has 1 aromatic carbocycles. The maximum Gasteiger partial charge on any atom is 0.251 e. The average molecular weight is 403 g/mol. The largest absolute Gasteiger partial charge is 0.367 e. The number of anilines is 1. The molecule has 1 amide bonds. The number of hydrogen-bond acceptors (Lipinski definition) is 4. The van der Waals surface area contributed by atoms with Crippen LogP contribution in [0, 0.1) is 17.5 Å². The van der Waals surface area contributed by atoms with Gasteiger partial charge >= 0.3 is 0 Å². The lowest BCUT2D eigenvalue weighted by atomic mass is 9.91. The van der Waals surface area contributed by atoms with Gasteiger partial charge in [0.2, 0.25) is 0 Å². The molecule has 2 N–H and O–H groups in total. The Kier molecular flexibility index (Phi) is 5.12. The third-order valence-corrected chi connectivity index (χ3v) is 5.31. The van der Waals surface area contributed by atoms with E-state index in [2.05, 4.69) is 20.6 Å². The van der Waals surface area contributed by atoms with E-state index >= 15 is 0 Å². The summed E-state index contributed by atoms with van der Waals surface area (Å²) in [6.07, 6.45) is 6.47. The Balaban J connectivity index is 1.35. The van der Waals surface area contributed by atoms with Crippen LogP contribution in [0.2, 0.25) is 0 Å². The van der Waals surface area contributed by atoms with Crippen molar-refractivity contribution in [3.8, 4) is 0 Å². The number of amides is 1. The number of aromatic nitrogens is 3. The number of nitrogens with zero attached hydrogens (tertiary/aromatic N) is 3. The fraction of sp³-hybridized carbons (Fsp3) is 0.350. The third-order valence-electron chi connectivity index (χ3n) is 5.31. The van der Waals surface area contributed by atoms with Gasteiger partial charge in [0.15, 0.2) is 17.5 Å². The molecular weight excluding hydrogens is 383 g/mol. The maximum atomic E-state index is 13.3. The highest BCUT2D eigenvalue weighted by molar-refractivity contribution is 5.94. The van der Waals surface area contributed by atoms with Crippen LogP contribution in [-0.4, -0.2) is 32.5 Å². The van der Waals surface area contributed by atoms with E-state index in [1.807, 2.05) is 23.9 Å². The number of aryl methyl sites for hydroxylation is 1. The Morgan fingerprint density at radius 3 is 2.41 bits per heavy atom. The lowest BCUT2D eigenvalue weighted by Crippen LogP contribution is -2.40. The molecule has 3 aromatic rings. The zero-order valence-corrected chi connectivity index (χ0v) is 15.8. The molecule has 29 heavy (non-hydrogen) atoms. The van der Waals surface area contributed by atoms with Crippen LogP contribution in [-0.2, 0) is 7.05 Å². The monoisotopic (exact) mass is 403 g/mol. The van der Waals surface area contributed by atoms with Gasteiger partial charge in [0.1, 0.15) is 17.8 Å². The summed E-state index contributed by atoms with van der Waals surface area (Å²) in [6.45, 7) is 0. The van der Waals surface area contributed by atoms with E-state index < -0.39 is 23.4 Å². The van der Waals surface area contributed by atoms with Crippen molar-refractivity contribution in [3.63, 3.8) is 0 Å². The summed E-state index contributed by atoms with van der Waals surface area (Å²) in [6, 6.07) is 3.47. The highest BCUT2D eigenvalue weighted by Gasteiger charge is 2.24. The first-order valence-corrected chi connectivity index (χ1v) is 9.40. The van der Waals surface area contributed by atoms with Gasteiger partial charge in [-0.05, 0) is 43.9 Å². The van der Waals surface area contributed by atoms with Crippen LogP contribution in [0.15, 0.2) is 30.7 Å². The summed E-state index contributed by atoms with van der Waals surface area (Å²) in [5, 5.41) is 7.17. The summed E-state index contributed by atoms with van der Waals surface area (Å²) in [7, 11) is 1.92. The Hall–Kier alpha value is -3.10. The summed E-state index contributed by atoms with van der Waals surface area (Å²) >= 11 is 0. The van der Waals surface area contributed by atoms with E-state index in [-0.39, 0.29) is 17.6 Å². The second-order valence-corrected chi connectivity index (χ2v) is 7.31. The van der Waals surface area contributed by atoms with Crippen LogP contribution < -0.4 is 10.6 Å². The molecule has 2 aromatic heterocycles. The van der Waals surface area contributed by atoms with E-state index in [0.29, 0.717) is 25.0 Å². The van der Waals surface area contributed by atoms with E-state index in [9.17, 15) is 18.0 Å². The van der Waals surface area contributed by atoms with Gasteiger partial charge < -0.3 is 15.2 Å². The van der Waals surface area contributed by atoms with Crippen LogP contribution in [0.25, 0.3) is 11.0 Å². The fourth-order valence-electron chi connectivity index (χ4n) is 3.72. The van der Waals surface area contributed by atoms with Crippen molar-refractivity contribution in [2.75, 3.05) is 5.32 Å². The molecule has 0 saturated heterocycles. The quantitative estimate of drug-likeness (QED) is 0.654. The van der Waals surface area contributed by atoms with E-state index in [1.165, 1.54) is 6.33 Å². The topological polar surface area (TPSA) is 71.8 Å². The molecule has 0 unspecified atom stereocenters. The molecule has 0 atom stereocenters. The second kappa shape index (κ2) is 7.73. The number of carbonyl (C=O) groups is 1. The Morgan fingerprint density at radius 2 is 1.72 bits per heavy atom. The molecular formula is C20H20F3N5O. The minimum Gasteiger partial charge on any atom is -0.367 e. The van der Waals surface area contributed by atoms with Crippen molar-refractivity contribution in [2.24, 2.45) is 7.05 Å². The number of carbonyl (C=O) groups excluding carboxylic acids is 1. The number of rotatable bonds is 4. The minimum absolute atomic E-state index is 0.112. The van der Waals surface area contributed by atoms with Gasteiger partial charge in [-0.15, -0.1) is 0 Å². The summed E-state index contributed by atoms with van der Waals surface area (Å²) < 4.78 is 41.7. The van der Waals surface area contributed by atoms with Gasteiger partial charge in [-0.3, -0.25) is 4.79 Å². The molecule has 0 aliphatic heterocycles. The minimum atomic E-state index is -1.58. The highest BCUT2D eigenvalue weighted by atomic mass is 19.2. The molecule has 1 aliphatic rings. The second-order valence-electron chi connectivity index (χ2n) is 7.31. The zero-order valence-electron chi connectivity index (χ0n) is 15.8. The predicted molar refractivity (Wildman–Crippen MR) is 102 cm³/mol. The number of hydrogen-bond donors (Lipinski definition) is 2. The molecule has 0 spiro atoms. The van der Waals surface area contributed by atoms with Crippen LogP contribution in [0.4, 0.5) is 19.0 Å². The third kappa shape index (κ3) is 3.90. The molecule has 152 valence electrons. The standard InChI is InChI=1S/C20H20F3N5O/c1-28-7-6-14-18(24-10-25-19(14)28)26-12-2-4-13(5-3-12)27-20(29)11-8-15(21)17(23)16(22)9-11/h6-10,12-13H,2-5H2,1H3,(H,27,29)(H,24,25,26)/t12-,13+. The first kappa shape index (κ1) is 19.2. The number of benzene rings is 1. The molecule has 1 saturated carbocycles. The van der Waals surface area contributed by atoms with Gasteiger partial charge in [0.25, 0.3) is 5.91 Å². The summed E-state index contributed by atoms with van der Waals surface area (Å²) in [4.78, 5) is 20.9. The van der Waals surface area contributed by atoms with E-state index in [4.69, 9.17) is 0 Å². The SMILES string of the molecule is Cn1ccc2c(N[C@H]3CC[C@@H](NC(=O)c4cc(F)c(F)c(F)c4)CC3)ncnc21. The molecule has 9 heteroatoms. The lowest BCUT2D eigenvalue weighted by Gasteiger charge is -2.30. The van der Waals surface area contributed by atoms with Crippen LogP contribution in [0.5, 0.6) is 0 Å². The molecule has 6 nitrogen and oxygen atoms in total. The van der Waals surface area contributed by atoms with Crippen molar-refractivity contribution in [3.05, 3.63) is 53.7 Å². The van der Waals surface area contributed by atoms with Crippen LogP contribution in [0.1, 0.15) is 36.0 Å². The van der Waals surface area contributed by atoms with E-state index in [1.54, 1.807) is 0 Å². The molecule has 1 fully saturated rings. The van der Waals surface area contributed by atoms with Crippen LogP contribution in [0.3, 0.4) is 0 Å². The van der Waals surface area contributed by atoms with E-state index in [0.717, 1.165) is 29.7 Å². The molecule has 1 aliphatic carbocycles. The zero-order chi connectivity index (χ0) is 20.5. The van der Waals surface area contributed by atoms with Gasteiger partial charge in [-0.25, -0.2) is 23.1 Å². The molecule has 4 rings (SSSR count). The Labute approximate surface area is 165 Å². The summed E-state index contributed by atoms with van der Waals surface area (Å²) in [5.41, 5.74) is 0.622. The smallest absolute Gasteiger partial charge is 0.251 e. The first-order valence-electron chi connectivity index (χ1n) is 9.40. The number of nitrogens with one attached hydrogen (secondary N) is 2. The van der Waals surface area contributed by atoms with Crippen molar-refractivity contribution in [1.82, 2.24) is 19.9 Å². The van der Waals surface area contributed by atoms with Crippen molar-refractivity contribution < 1.29 is 18.0 Å². The van der Waals surface area contributed by atoms with Crippen LogP contribution >= 0.6 is 0 Å². The fourth-order valence-corrected chi connectivity index (χ4v) is 3.72. The van der Waals surface area contributed by atoms with Gasteiger partial charge in [-0.2, -0.15) is 0 Å². The van der Waals surface area contributed by atoms with Gasteiger partial charge in [0, 0.05) is 30.9 Å². The number of fused-ring (bicyclic) bond motifs is 1. The molecule has 0 bridgehead atoms. The van der Waals surface area contributed by atoms with Crippen molar-refractivity contribution >= 4 is 22.8 Å². The summed E-state index contributed by atoms with van der Waals surface area (Å²) in [5.74, 6) is -4.16. The number of halogens is 3. The lowest BCUT2D eigenvalue weighted by molar-refractivity contribution is 0.0925. The highest BCUT2D eigenvalue weighted by Crippen LogP contribution is 2.26. The average Bonchev–Trinajstić information content (AvgIpc) is 3.09. The van der Waals surface area contributed by atoms with Gasteiger partial charge in [0.05, 0.1) is 5.39 Å². The van der Waals surface area contributed by atoms with Crippen molar-refractivity contribution in [1.29, 1.82) is 0 Å². The first-order chi connectivity index (χ1) is 13.9. The van der Waals surface area contributed by atoms with Gasteiger partial charge in [-0.1, -0.05) is 0 Å². The van der Waals surface area contributed by atoms with Crippen molar-refractivity contribution in [2.45, 2.75) is 37.8 Å². The Bertz CT molecular complexity index is 1040. The Morgan fingerprint density at radius 1 is 1.07 bits per heavy atom. The predicted octanol–water partition coefficient (Wildman–Crippen LogP) is 3.54. The maximum absolute atomic E-state index is 13.3. The molecule has 0 radical (unpaired) electrons. The molecule has 2 heterocycles. The normalized spacial score (nSPS) is 19.3.